The van der Waals surface area contributed by atoms with E-state index in [0.717, 1.165) is 4.68 Å². The van der Waals surface area contributed by atoms with Crippen LogP contribution in [0.15, 0.2) is 41.2 Å². The van der Waals surface area contributed by atoms with Crippen molar-refractivity contribution in [1.82, 2.24) is 15.1 Å². The van der Waals surface area contributed by atoms with E-state index in [9.17, 15) is 22.8 Å². The molecule has 0 aliphatic carbocycles. The second-order valence-corrected chi connectivity index (χ2v) is 4.83. The van der Waals surface area contributed by atoms with Crippen molar-refractivity contribution in [2.75, 3.05) is 13.7 Å². The van der Waals surface area contributed by atoms with Gasteiger partial charge in [-0.3, -0.25) is 9.59 Å². The SMILES string of the molecule is COc1ccc(-c2ccc(=O)n(CC(=O)NCC(F)(F)F)n2)cc1. The second kappa shape index (κ2) is 7.16. The standard InChI is InChI=1S/C15H14F3N3O3/c1-24-11-4-2-10(3-5-11)12-6-7-14(23)21(20-12)8-13(22)19-9-15(16,17)18/h2-7H,8-9H2,1H3,(H,19,22). The van der Waals surface area contributed by atoms with Crippen LogP contribution in [0.2, 0.25) is 0 Å². The molecule has 6 nitrogen and oxygen atoms in total. The van der Waals surface area contributed by atoms with E-state index in [1.807, 2.05) is 0 Å². The summed E-state index contributed by atoms with van der Waals surface area (Å²) in [6.45, 7) is -2.06. The first-order valence-corrected chi connectivity index (χ1v) is 6.84. The van der Waals surface area contributed by atoms with Crippen LogP contribution in [0.4, 0.5) is 13.2 Å². The molecule has 0 unspecified atom stereocenters. The third-order valence-corrected chi connectivity index (χ3v) is 3.03. The number of rotatable bonds is 5. The highest BCUT2D eigenvalue weighted by atomic mass is 19.4. The number of nitrogens with zero attached hydrogens (tertiary/aromatic N) is 2. The molecule has 0 saturated heterocycles. The van der Waals surface area contributed by atoms with Gasteiger partial charge in [0.2, 0.25) is 5.91 Å². The van der Waals surface area contributed by atoms with Crippen molar-refractivity contribution in [2.24, 2.45) is 0 Å². The van der Waals surface area contributed by atoms with Gasteiger partial charge < -0.3 is 10.1 Å². The highest BCUT2D eigenvalue weighted by molar-refractivity contribution is 5.75. The Morgan fingerprint density at radius 2 is 1.88 bits per heavy atom. The highest BCUT2D eigenvalue weighted by Crippen LogP contribution is 2.19. The summed E-state index contributed by atoms with van der Waals surface area (Å²) >= 11 is 0. The number of amides is 1. The van der Waals surface area contributed by atoms with Gasteiger partial charge in [-0.15, -0.1) is 0 Å². The van der Waals surface area contributed by atoms with Crippen LogP contribution in [0.3, 0.4) is 0 Å². The largest absolute Gasteiger partial charge is 0.497 e. The molecule has 2 rings (SSSR count). The van der Waals surface area contributed by atoms with E-state index < -0.39 is 30.7 Å². The third-order valence-electron chi connectivity index (χ3n) is 3.03. The predicted octanol–water partition coefficient (Wildman–Crippen LogP) is 1.60. The number of nitrogens with one attached hydrogen (secondary N) is 1. The Morgan fingerprint density at radius 3 is 2.46 bits per heavy atom. The van der Waals surface area contributed by atoms with Crippen molar-refractivity contribution >= 4 is 5.91 Å². The second-order valence-electron chi connectivity index (χ2n) is 4.83. The molecule has 0 spiro atoms. The summed E-state index contributed by atoms with van der Waals surface area (Å²) in [6, 6.07) is 9.47. The number of ether oxygens (including phenoxy) is 1. The fraction of sp³-hybridized carbons (Fsp3) is 0.267. The van der Waals surface area contributed by atoms with Gasteiger partial charge in [-0.05, 0) is 30.3 Å². The summed E-state index contributed by atoms with van der Waals surface area (Å²) in [5.74, 6) is -0.313. The fourth-order valence-electron chi connectivity index (χ4n) is 1.87. The lowest BCUT2D eigenvalue weighted by molar-refractivity contribution is -0.138. The Morgan fingerprint density at radius 1 is 1.21 bits per heavy atom. The summed E-state index contributed by atoms with van der Waals surface area (Å²) in [5, 5.41) is 5.70. The topological polar surface area (TPSA) is 73.2 Å². The first-order valence-electron chi connectivity index (χ1n) is 6.84. The molecule has 0 saturated carbocycles. The number of hydrogen-bond acceptors (Lipinski definition) is 4. The molecule has 1 aromatic carbocycles. The van der Waals surface area contributed by atoms with Crippen LogP contribution >= 0.6 is 0 Å². The van der Waals surface area contributed by atoms with Gasteiger partial charge in [0.25, 0.3) is 5.56 Å². The molecule has 0 fully saturated rings. The number of carbonyl (C=O) groups is 1. The number of benzene rings is 1. The maximum absolute atomic E-state index is 12.1. The molecule has 1 aromatic heterocycles. The molecule has 2 aromatic rings. The minimum absolute atomic E-state index is 0.404. The van der Waals surface area contributed by atoms with Gasteiger partial charge in [-0.1, -0.05) is 0 Å². The van der Waals surface area contributed by atoms with Crippen LogP contribution in [-0.2, 0) is 11.3 Å². The molecule has 1 N–H and O–H groups in total. The normalized spacial score (nSPS) is 11.2. The zero-order valence-corrected chi connectivity index (χ0v) is 12.6. The minimum atomic E-state index is -4.51. The molecule has 1 amide bonds. The number of alkyl halides is 3. The van der Waals surface area contributed by atoms with Crippen molar-refractivity contribution in [3.05, 3.63) is 46.8 Å². The molecule has 24 heavy (non-hydrogen) atoms. The zero-order valence-electron chi connectivity index (χ0n) is 12.6. The fourth-order valence-corrected chi connectivity index (χ4v) is 1.87. The lowest BCUT2D eigenvalue weighted by Crippen LogP contribution is -2.38. The summed E-state index contributed by atoms with van der Waals surface area (Å²) in [6.07, 6.45) is -4.51. The van der Waals surface area contributed by atoms with Crippen LogP contribution in [-0.4, -0.2) is 35.5 Å². The van der Waals surface area contributed by atoms with E-state index in [4.69, 9.17) is 4.74 Å². The molecular formula is C15H14F3N3O3. The Bertz CT molecular complexity index is 770. The molecule has 0 radical (unpaired) electrons. The van der Waals surface area contributed by atoms with E-state index >= 15 is 0 Å². The average molecular weight is 341 g/mol. The molecular weight excluding hydrogens is 327 g/mol. The number of aromatic nitrogens is 2. The third kappa shape index (κ3) is 4.83. The summed E-state index contributed by atoms with van der Waals surface area (Å²) < 4.78 is 42.1. The predicted molar refractivity (Wildman–Crippen MR) is 79.5 cm³/mol. The smallest absolute Gasteiger partial charge is 0.405 e. The van der Waals surface area contributed by atoms with Crippen LogP contribution < -0.4 is 15.6 Å². The van der Waals surface area contributed by atoms with Gasteiger partial charge in [-0.25, -0.2) is 4.68 Å². The van der Waals surface area contributed by atoms with E-state index in [1.165, 1.54) is 19.2 Å². The Hall–Kier alpha value is -2.84. The number of carbonyl (C=O) groups excluding carboxylic acids is 1. The summed E-state index contributed by atoms with van der Waals surface area (Å²) in [4.78, 5) is 23.2. The van der Waals surface area contributed by atoms with Crippen molar-refractivity contribution in [3.63, 3.8) is 0 Å². The summed E-state index contributed by atoms with van der Waals surface area (Å²) in [5.41, 5.74) is 0.482. The minimum Gasteiger partial charge on any atom is -0.497 e. The Balaban J connectivity index is 2.16. The quantitative estimate of drug-likeness (QED) is 0.897. The molecule has 0 bridgehead atoms. The van der Waals surface area contributed by atoms with Gasteiger partial charge in [0, 0.05) is 11.6 Å². The van der Waals surface area contributed by atoms with Crippen LogP contribution in [0.5, 0.6) is 5.75 Å². The van der Waals surface area contributed by atoms with E-state index in [0.29, 0.717) is 17.0 Å². The van der Waals surface area contributed by atoms with Crippen molar-refractivity contribution in [1.29, 1.82) is 0 Å². The number of halogens is 3. The van der Waals surface area contributed by atoms with E-state index in [2.05, 4.69) is 5.10 Å². The van der Waals surface area contributed by atoms with E-state index in [-0.39, 0.29) is 0 Å². The van der Waals surface area contributed by atoms with Crippen LogP contribution in [0, 0.1) is 0 Å². The first kappa shape index (κ1) is 17.5. The lowest BCUT2D eigenvalue weighted by Gasteiger charge is -2.10. The number of hydrogen-bond donors (Lipinski definition) is 1. The number of methoxy groups -OCH3 is 1. The zero-order chi connectivity index (χ0) is 17.7. The molecule has 0 aliphatic heterocycles. The van der Waals surface area contributed by atoms with Crippen molar-refractivity contribution in [3.8, 4) is 17.0 Å². The monoisotopic (exact) mass is 341 g/mol. The highest BCUT2D eigenvalue weighted by Gasteiger charge is 2.27. The molecule has 9 heteroatoms. The Labute approximate surface area is 134 Å². The van der Waals surface area contributed by atoms with Gasteiger partial charge in [0.1, 0.15) is 18.8 Å². The summed E-state index contributed by atoms with van der Waals surface area (Å²) in [7, 11) is 1.52. The Kier molecular flexibility index (Phi) is 5.22. The van der Waals surface area contributed by atoms with Gasteiger partial charge >= 0.3 is 6.18 Å². The molecule has 1 heterocycles. The molecule has 0 aliphatic rings. The van der Waals surface area contributed by atoms with Crippen LogP contribution in [0.25, 0.3) is 11.3 Å². The van der Waals surface area contributed by atoms with Gasteiger partial charge in [0.15, 0.2) is 0 Å². The van der Waals surface area contributed by atoms with Gasteiger partial charge in [-0.2, -0.15) is 18.3 Å². The van der Waals surface area contributed by atoms with Gasteiger partial charge in [0.05, 0.1) is 12.8 Å². The first-order chi connectivity index (χ1) is 11.3. The van der Waals surface area contributed by atoms with Crippen molar-refractivity contribution < 1.29 is 22.7 Å². The maximum Gasteiger partial charge on any atom is 0.405 e. The average Bonchev–Trinajstić information content (AvgIpc) is 2.54. The van der Waals surface area contributed by atoms with Crippen LogP contribution in [0.1, 0.15) is 0 Å². The molecule has 128 valence electrons. The lowest BCUT2D eigenvalue weighted by atomic mass is 10.1. The van der Waals surface area contributed by atoms with E-state index in [1.54, 1.807) is 29.6 Å². The maximum atomic E-state index is 12.1. The van der Waals surface area contributed by atoms with Crippen molar-refractivity contribution in [2.45, 2.75) is 12.7 Å². The molecule has 0 atom stereocenters.